The molecular formula is C9H11ClN4O2S. The Labute approximate surface area is 103 Å². The summed E-state index contributed by atoms with van der Waals surface area (Å²) in [7, 11) is -2.99. The number of nitrogens with one attached hydrogen (secondary N) is 2. The first-order valence-electron chi connectivity index (χ1n) is 4.88. The van der Waals surface area contributed by atoms with Gasteiger partial charge < -0.3 is 10.3 Å². The summed E-state index contributed by atoms with van der Waals surface area (Å²) in [6.45, 7) is 0.284. The van der Waals surface area contributed by atoms with Crippen LogP contribution in [-0.4, -0.2) is 41.9 Å². The predicted octanol–water partition coefficient (Wildman–Crippen LogP) is 1.07. The maximum Gasteiger partial charge on any atom is 0.226 e. The van der Waals surface area contributed by atoms with Crippen molar-refractivity contribution in [3.05, 3.63) is 17.5 Å². The van der Waals surface area contributed by atoms with Gasteiger partial charge in [0.1, 0.15) is 21.3 Å². The lowest BCUT2D eigenvalue weighted by Crippen LogP contribution is -2.15. The second-order valence-electron chi connectivity index (χ2n) is 3.64. The SMILES string of the molecule is CS(=O)(=O)CCNc1nc(Cl)nc2[nH]ccc12. The van der Waals surface area contributed by atoms with Crippen LogP contribution in [0.4, 0.5) is 5.82 Å². The summed E-state index contributed by atoms with van der Waals surface area (Å²) in [5, 5.41) is 3.83. The van der Waals surface area contributed by atoms with Crippen LogP contribution < -0.4 is 5.32 Å². The van der Waals surface area contributed by atoms with Crippen LogP contribution >= 0.6 is 11.6 Å². The number of rotatable bonds is 4. The van der Waals surface area contributed by atoms with E-state index in [0.717, 1.165) is 5.39 Å². The molecule has 0 aromatic carbocycles. The fourth-order valence-electron chi connectivity index (χ4n) is 1.40. The molecule has 0 atom stereocenters. The van der Waals surface area contributed by atoms with Crippen LogP contribution in [0, 0.1) is 0 Å². The highest BCUT2D eigenvalue weighted by Gasteiger charge is 2.08. The summed E-state index contributed by atoms with van der Waals surface area (Å²) in [5.74, 6) is 0.575. The third kappa shape index (κ3) is 3.07. The first kappa shape index (κ1) is 12.1. The molecule has 0 aliphatic rings. The van der Waals surface area contributed by atoms with Gasteiger partial charge in [0.25, 0.3) is 0 Å². The fourth-order valence-corrected chi connectivity index (χ4v) is 2.05. The summed E-state index contributed by atoms with van der Waals surface area (Å²) in [5.41, 5.74) is 0.617. The van der Waals surface area contributed by atoms with Crippen LogP contribution in [-0.2, 0) is 9.84 Å². The van der Waals surface area contributed by atoms with Crippen LogP contribution in [0.3, 0.4) is 0 Å². The van der Waals surface area contributed by atoms with Gasteiger partial charge in [-0.15, -0.1) is 0 Å². The highest BCUT2D eigenvalue weighted by molar-refractivity contribution is 7.90. The molecule has 17 heavy (non-hydrogen) atoms. The molecular weight excluding hydrogens is 264 g/mol. The molecule has 0 aliphatic carbocycles. The topological polar surface area (TPSA) is 87.7 Å². The Hall–Kier alpha value is -1.34. The number of sulfone groups is 1. The average Bonchev–Trinajstić information content (AvgIpc) is 2.63. The van der Waals surface area contributed by atoms with Crippen molar-refractivity contribution in [3.8, 4) is 0 Å². The molecule has 0 bridgehead atoms. The molecule has 0 saturated carbocycles. The summed E-state index contributed by atoms with van der Waals surface area (Å²) >= 11 is 5.75. The molecule has 0 fully saturated rings. The molecule has 8 heteroatoms. The lowest BCUT2D eigenvalue weighted by Gasteiger charge is -2.05. The van der Waals surface area contributed by atoms with E-state index < -0.39 is 9.84 Å². The minimum absolute atomic E-state index is 0.0422. The second-order valence-corrected chi connectivity index (χ2v) is 6.24. The monoisotopic (exact) mass is 274 g/mol. The van der Waals surface area contributed by atoms with Crippen LogP contribution in [0.2, 0.25) is 5.28 Å². The van der Waals surface area contributed by atoms with Gasteiger partial charge in [0.2, 0.25) is 5.28 Å². The molecule has 0 amide bonds. The van der Waals surface area contributed by atoms with E-state index in [4.69, 9.17) is 11.6 Å². The van der Waals surface area contributed by atoms with Gasteiger partial charge >= 0.3 is 0 Å². The fraction of sp³-hybridized carbons (Fsp3) is 0.333. The molecule has 0 aliphatic heterocycles. The number of nitrogens with zero attached hydrogens (tertiary/aromatic N) is 2. The van der Waals surface area contributed by atoms with Crippen molar-refractivity contribution in [2.45, 2.75) is 0 Å². The molecule has 0 radical (unpaired) electrons. The predicted molar refractivity (Wildman–Crippen MR) is 67.1 cm³/mol. The molecule has 2 N–H and O–H groups in total. The van der Waals surface area contributed by atoms with Crippen molar-refractivity contribution in [1.82, 2.24) is 15.0 Å². The smallest absolute Gasteiger partial charge is 0.226 e. The Bertz CT molecular complexity index is 637. The van der Waals surface area contributed by atoms with E-state index in [1.54, 1.807) is 12.3 Å². The summed E-state index contributed by atoms with van der Waals surface area (Å²) in [4.78, 5) is 10.9. The Morgan fingerprint density at radius 1 is 1.47 bits per heavy atom. The highest BCUT2D eigenvalue weighted by Crippen LogP contribution is 2.20. The number of aromatic amines is 1. The van der Waals surface area contributed by atoms with Crippen LogP contribution in [0.15, 0.2) is 12.3 Å². The van der Waals surface area contributed by atoms with Crippen molar-refractivity contribution in [3.63, 3.8) is 0 Å². The maximum atomic E-state index is 11.0. The molecule has 2 aromatic heterocycles. The van der Waals surface area contributed by atoms with Gasteiger partial charge in [0.05, 0.1) is 11.1 Å². The molecule has 2 rings (SSSR count). The van der Waals surface area contributed by atoms with Gasteiger partial charge in [-0.2, -0.15) is 4.98 Å². The maximum absolute atomic E-state index is 11.0. The Morgan fingerprint density at radius 3 is 2.94 bits per heavy atom. The molecule has 0 saturated heterocycles. The molecule has 2 heterocycles. The average molecular weight is 275 g/mol. The Morgan fingerprint density at radius 2 is 2.24 bits per heavy atom. The van der Waals surface area contributed by atoms with E-state index in [1.165, 1.54) is 6.26 Å². The number of fused-ring (bicyclic) bond motifs is 1. The van der Waals surface area contributed by atoms with E-state index in [0.29, 0.717) is 11.5 Å². The lowest BCUT2D eigenvalue weighted by atomic mass is 10.4. The van der Waals surface area contributed by atoms with Crippen LogP contribution in [0.1, 0.15) is 0 Å². The Balaban J connectivity index is 2.20. The molecule has 0 spiro atoms. The van der Waals surface area contributed by atoms with Crippen molar-refractivity contribution in [2.24, 2.45) is 0 Å². The van der Waals surface area contributed by atoms with E-state index in [9.17, 15) is 8.42 Å². The van der Waals surface area contributed by atoms with Crippen LogP contribution in [0.25, 0.3) is 11.0 Å². The number of H-pyrrole nitrogens is 1. The summed E-state index contributed by atoms with van der Waals surface area (Å²) in [6.07, 6.45) is 2.91. The van der Waals surface area contributed by atoms with Crippen molar-refractivity contribution < 1.29 is 8.42 Å². The van der Waals surface area contributed by atoms with Gasteiger partial charge in [0.15, 0.2) is 0 Å². The number of halogens is 1. The third-order valence-electron chi connectivity index (χ3n) is 2.15. The van der Waals surface area contributed by atoms with Gasteiger partial charge in [0, 0.05) is 19.0 Å². The van der Waals surface area contributed by atoms with Gasteiger partial charge in [-0.25, -0.2) is 13.4 Å². The highest BCUT2D eigenvalue weighted by atomic mass is 35.5. The number of hydrogen-bond acceptors (Lipinski definition) is 5. The van der Waals surface area contributed by atoms with Crippen molar-refractivity contribution in [1.29, 1.82) is 0 Å². The normalized spacial score (nSPS) is 11.9. The van der Waals surface area contributed by atoms with E-state index >= 15 is 0 Å². The molecule has 2 aromatic rings. The van der Waals surface area contributed by atoms with E-state index in [2.05, 4.69) is 20.3 Å². The zero-order chi connectivity index (χ0) is 12.5. The minimum Gasteiger partial charge on any atom is -0.368 e. The zero-order valence-corrected chi connectivity index (χ0v) is 10.6. The lowest BCUT2D eigenvalue weighted by molar-refractivity contribution is 0.602. The molecule has 6 nitrogen and oxygen atoms in total. The quantitative estimate of drug-likeness (QED) is 0.814. The van der Waals surface area contributed by atoms with Crippen molar-refractivity contribution in [2.75, 3.05) is 23.9 Å². The number of hydrogen-bond donors (Lipinski definition) is 2. The second kappa shape index (κ2) is 4.50. The largest absolute Gasteiger partial charge is 0.368 e. The van der Waals surface area contributed by atoms with Gasteiger partial charge in [-0.05, 0) is 17.7 Å². The number of anilines is 1. The Kier molecular flexibility index (Phi) is 3.21. The summed E-state index contributed by atoms with van der Waals surface area (Å²) in [6, 6.07) is 1.80. The molecule has 0 unspecified atom stereocenters. The minimum atomic E-state index is -2.99. The van der Waals surface area contributed by atoms with Gasteiger partial charge in [-0.1, -0.05) is 0 Å². The summed E-state index contributed by atoms with van der Waals surface area (Å²) < 4.78 is 22.0. The third-order valence-corrected chi connectivity index (χ3v) is 3.27. The van der Waals surface area contributed by atoms with Crippen LogP contribution in [0.5, 0.6) is 0 Å². The van der Waals surface area contributed by atoms with E-state index in [-0.39, 0.29) is 17.6 Å². The molecule has 92 valence electrons. The first-order valence-corrected chi connectivity index (χ1v) is 7.32. The zero-order valence-electron chi connectivity index (χ0n) is 9.07. The van der Waals surface area contributed by atoms with E-state index in [1.807, 2.05) is 0 Å². The van der Waals surface area contributed by atoms with Crippen molar-refractivity contribution >= 4 is 38.3 Å². The number of aromatic nitrogens is 3. The van der Waals surface area contributed by atoms with Gasteiger partial charge in [-0.3, -0.25) is 0 Å². The first-order chi connectivity index (χ1) is 7.96. The standard InChI is InChI=1S/C9H11ClN4O2S/c1-17(15,16)5-4-12-8-6-2-3-11-7(6)13-9(10)14-8/h2-3H,4-5H2,1H3,(H2,11,12,13,14).